The van der Waals surface area contributed by atoms with Crippen molar-refractivity contribution in [2.24, 2.45) is 7.05 Å². The van der Waals surface area contributed by atoms with Crippen LogP contribution >= 0.6 is 0 Å². The van der Waals surface area contributed by atoms with Crippen molar-refractivity contribution in [3.63, 3.8) is 0 Å². The number of hydrogen-bond donors (Lipinski definition) is 6. The van der Waals surface area contributed by atoms with Gasteiger partial charge < -0.3 is 30.8 Å². The molecule has 0 spiro atoms. The third-order valence-corrected chi connectivity index (χ3v) is 4.68. The van der Waals surface area contributed by atoms with E-state index in [0.717, 1.165) is 5.52 Å². The number of ether oxygens (including phenoxy) is 1. The number of nitrogens with two attached hydrogens (primary N) is 1. The number of hydrogen-bond acceptors (Lipinski definition) is 10. The Labute approximate surface area is 167 Å². The van der Waals surface area contributed by atoms with E-state index in [4.69, 9.17) is 15.6 Å². The molecule has 4 aromatic heterocycles. The molecule has 1 aliphatic heterocycles. The van der Waals surface area contributed by atoms with Gasteiger partial charge in [-0.1, -0.05) is 4.98 Å². The minimum atomic E-state index is -1.26. The first kappa shape index (κ1) is 19.8. The summed E-state index contributed by atoms with van der Waals surface area (Å²) in [6.07, 6.45) is 1.88. The molecule has 30 heavy (non-hydrogen) atoms. The number of H-pyrrole nitrogens is 2. The van der Waals surface area contributed by atoms with Gasteiger partial charge in [-0.3, -0.25) is 14.3 Å². The fourth-order valence-electron chi connectivity index (χ4n) is 3.26. The van der Waals surface area contributed by atoms with Crippen molar-refractivity contribution in [2.45, 2.75) is 24.5 Å². The fraction of sp³-hybridized carbons (Fsp3) is 0.375. The number of nitrogens with one attached hydrogen (secondary N) is 2. The smallest absolute Gasteiger partial charge is 0.313 e. The number of aliphatic hydroxyl groups is 3. The number of anilines is 1. The number of aromatic amines is 2. The van der Waals surface area contributed by atoms with Gasteiger partial charge in [0.05, 0.1) is 26.2 Å². The molecule has 4 aromatic rings. The lowest BCUT2D eigenvalue weighted by molar-refractivity contribution is -0.745. The first-order valence-corrected chi connectivity index (χ1v) is 8.88. The monoisotopic (exact) mass is 418 g/mol. The lowest BCUT2D eigenvalue weighted by atomic mass is 10.1. The quantitative estimate of drug-likeness (QED) is 0.183. The Morgan fingerprint density at radius 3 is 2.83 bits per heavy atom. The van der Waals surface area contributed by atoms with E-state index >= 15 is 0 Å². The van der Waals surface area contributed by atoms with E-state index in [2.05, 4.69) is 29.9 Å². The topological polar surface area (TPSA) is 205 Å². The van der Waals surface area contributed by atoms with Gasteiger partial charge in [-0.15, -0.1) is 0 Å². The number of nitrogen functional groups attached to an aromatic ring is 1. The summed E-state index contributed by atoms with van der Waals surface area (Å²) in [5.41, 5.74) is 7.16. The van der Waals surface area contributed by atoms with E-state index in [1.807, 2.05) is 0 Å². The molecule has 158 valence electrons. The maximum atomic E-state index is 11.9. The number of fused-ring (bicyclic) bond motifs is 2. The highest BCUT2D eigenvalue weighted by Crippen LogP contribution is 2.26. The summed E-state index contributed by atoms with van der Waals surface area (Å²) in [5.74, 6) is -0.0702. The summed E-state index contributed by atoms with van der Waals surface area (Å²) < 4.78 is 8.35. The molecular formula is C16H20N9O5+. The summed E-state index contributed by atoms with van der Waals surface area (Å²) in [4.78, 5) is 32.8. The van der Waals surface area contributed by atoms with E-state index in [0.29, 0.717) is 5.65 Å². The molecule has 5 heterocycles. The molecule has 0 unspecified atom stereocenters. The first-order chi connectivity index (χ1) is 14.4. The van der Waals surface area contributed by atoms with Crippen molar-refractivity contribution >= 4 is 28.3 Å². The molecule has 1 saturated heterocycles. The second kappa shape index (κ2) is 7.75. The number of aromatic nitrogens is 8. The van der Waals surface area contributed by atoms with Crippen LogP contribution in [0.25, 0.3) is 22.3 Å². The fourth-order valence-corrected chi connectivity index (χ4v) is 3.26. The minimum Gasteiger partial charge on any atom is -0.394 e. The third-order valence-electron chi connectivity index (χ3n) is 4.68. The molecule has 1 fully saturated rings. The van der Waals surface area contributed by atoms with Crippen molar-refractivity contribution in [1.82, 2.24) is 34.5 Å². The highest BCUT2D eigenvalue weighted by Gasteiger charge is 2.46. The Morgan fingerprint density at radius 1 is 1.33 bits per heavy atom. The third kappa shape index (κ3) is 3.37. The number of imidazole rings is 2. The maximum absolute atomic E-state index is 11.9. The number of rotatable bonds is 2. The predicted octanol–water partition coefficient (Wildman–Crippen LogP) is -2.90. The molecule has 0 aromatic carbocycles. The van der Waals surface area contributed by atoms with Crippen LogP contribution in [0, 0.1) is 0 Å². The zero-order valence-electron chi connectivity index (χ0n) is 15.7. The zero-order valence-corrected chi connectivity index (χ0v) is 15.7. The molecule has 1 aliphatic rings. The van der Waals surface area contributed by atoms with Crippen LogP contribution < -0.4 is 15.9 Å². The van der Waals surface area contributed by atoms with Crippen LogP contribution in [0.2, 0.25) is 0 Å². The molecule has 0 bridgehead atoms. The van der Waals surface area contributed by atoms with Gasteiger partial charge in [-0.05, 0) is 0 Å². The number of aryl methyl sites for hydroxylation is 1. The Hall–Kier alpha value is -3.46. The van der Waals surface area contributed by atoms with E-state index in [1.54, 1.807) is 19.6 Å². The van der Waals surface area contributed by atoms with Crippen molar-refractivity contribution < 1.29 is 24.6 Å². The Kier molecular flexibility index (Phi) is 5.13. The van der Waals surface area contributed by atoms with Gasteiger partial charge in [0.1, 0.15) is 30.2 Å². The molecule has 14 heteroatoms. The van der Waals surface area contributed by atoms with Crippen molar-refractivity contribution in [3.05, 3.63) is 35.5 Å². The Morgan fingerprint density at radius 2 is 2.13 bits per heavy atom. The highest BCUT2D eigenvalue weighted by molar-refractivity contribution is 5.67. The second-order valence-corrected chi connectivity index (χ2v) is 6.65. The molecule has 0 saturated carbocycles. The first-order valence-electron chi connectivity index (χ1n) is 8.88. The van der Waals surface area contributed by atoms with Gasteiger partial charge in [-0.2, -0.15) is 0 Å². The van der Waals surface area contributed by atoms with E-state index < -0.39 is 36.7 Å². The van der Waals surface area contributed by atoms with Gasteiger partial charge in [-0.25, -0.2) is 19.5 Å². The van der Waals surface area contributed by atoms with Crippen LogP contribution in [0.5, 0.6) is 0 Å². The summed E-state index contributed by atoms with van der Waals surface area (Å²) in [6.45, 7) is -0.434. The molecule has 4 atom stereocenters. The largest absolute Gasteiger partial charge is 0.394 e. The molecule has 7 N–H and O–H groups in total. The molecular weight excluding hydrogens is 398 g/mol. The summed E-state index contributed by atoms with van der Waals surface area (Å²) in [7, 11) is 1.63. The maximum Gasteiger partial charge on any atom is 0.313 e. The normalized spacial score (nSPS) is 23.6. The van der Waals surface area contributed by atoms with E-state index in [9.17, 15) is 15.0 Å². The van der Waals surface area contributed by atoms with Crippen LogP contribution in [0.4, 0.5) is 5.95 Å². The summed E-state index contributed by atoms with van der Waals surface area (Å²) in [6, 6.07) is 0. The second-order valence-electron chi connectivity index (χ2n) is 6.65. The van der Waals surface area contributed by atoms with Crippen LogP contribution in [0.1, 0.15) is 6.23 Å². The van der Waals surface area contributed by atoms with Crippen molar-refractivity contribution in [2.75, 3.05) is 12.3 Å². The zero-order chi connectivity index (χ0) is 21.4. The van der Waals surface area contributed by atoms with Crippen LogP contribution in [-0.2, 0) is 11.8 Å². The average Bonchev–Trinajstić information content (AvgIpc) is 3.40. The SMILES string of the molecule is Cn1c[n+]([C@@H]2O[C@H](CO)[C@@H](O)[C@H]2O)c2nc(N)[nH]c(=O)c21.c1ncc2[nH]cnc2n1. The molecule has 0 radical (unpaired) electrons. The van der Waals surface area contributed by atoms with Crippen LogP contribution in [0.3, 0.4) is 0 Å². The van der Waals surface area contributed by atoms with Gasteiger partial charge in [0.15, 0.2) is 12.0 Å². The lowest BCUT2D eigenvalue weighted by Gasteiger charge is -2.11. The number of nitrogens with zero attached hydrogens (tertiary/aromatic N) is 6. The summed E-state index contributed by atoms with van der Waals surface area (Å²) >= 11 is 0. The number of aliphatic hydroxyl groups excluding tert-OH is 3. The van der Waals surface area contributed by atoms with Gasteiger partial charge in [0.25, 0.3) is 11.5 Å². The lowest BCUT2D eigenvalue weighted by Crippen LogP contribution is -2.46. The average molecular weight is 418 g/mol. The van der Waals surface area contributed by atoms with Gasteiger partial charge >= 0.3 is 5.65 Å². The standard InChI is InChI=1S/C11H15N5O5.C5H4N4/c1-15-3-16(8-5(15)9(20)14-11(12)13-8)10-7(19)6(18)4(2-17)21-10;1-4-5(8-2-6-1)9-3-7-4/h3-4,6-7,10,17-19H,2H2,1H3,(H2-,12,13,14,20);1-3H,(H,6,7,8,9)/p+1/t4-,6-,7-,10-;/m1./s1. The molecule has 5 rings (SSSR count). The molecule has 0 aliphatic carbocycles. The van der Waals surface area contributed by atoms with Gasteiger partial charge in [0.2, 0.25) is 11.7 Å². The Bertz CT molecular complexity index is 1200. The summed E-state index contributed by atoms with van der Waals surface area (Å²) in [5, 5.41) is 29.0. The highest BCUT2D eigenvalue weighted by atomic mass is 16.6. The molecule has 14 nitrogen and oxygen atoms in total. The Balaban J connectivity index is 0.000000200. The van der Waals surface area contributed by atoms with Crippen molar-refractivity contribution in [1.29, 1.82) is 0 Å². The van der Waals surface area contributed by atoms with Crippen LogP contribution in [-0.4, -0.2) is 74.7 Å². The minimum absolute atomic E-state index is 0.0702. The molecule has 0 amide bonds. The van der Waals surface area contributed by atoms with Crippen LogP contribution in [0.15, 0.2) is 30.0 Å². The van der Waals surface area contributed by atoms with E-state index in [-0.39, 0.29) is 17.1 Å². The van der Waals surface area contributed by atoms with Gasteiger partial charge in [0, 0.05) is 0 Å². The predicted molar refractivity (Wildman–Crippen MR) is 101 cm³/mol. The van der Waals surface area contributed by atoms with E-state index in [1.165, 1.54) is 21.8 Å². The van der Waals surface area contributed by atoms with Crippen molar-refractivity contribution in [3.8, 4) is 0 Å².